The number of nitrogens with zero attached hydrogens (tertiary/aromatic N) is 2. The molecule has 0 saturated carbocycles. The standard InChI is InChI=1S/C21H19FN2O5S/c1-23(11-17(26)14-4-8-16(25)9-5-14)19(27)12-24-20(28)18(30-21(24)29)10-13-2-6-15(22)7-3-13/h2-10,17,25-26H,11-12H2,1H3/b18-10-. The number of hydrogen-bond acceptors (Lipinski definition) is 6. The first-order chi connectivity index (χ1) is 14.2. The summed E-state index contributed by atoms with van der Waals surface area (Å²) in [5.41, 5.74) is 1.07. The molecule has 1 aliphatic rings. The maximum atomic E-state index is 13.0. The quantitative estimate of drug-likeness (QED) is 0.684. The van der Waals surface area contributed by atoms with Gasteiger partial charge >= 0.3 is 0 Å². The maximum Gasteiger partial charge on any atom is 0.294 e. The Morgan fingerprint density at radius 3 is 2.43 bits per heavy atom. The Labute approximate surface area is 176 Å². The van der Waals surface area contributed by atoms with Crippen LogP contribution in [0.1, 0.15) is 17.2 Å². The van der Waals surface area contributed by atoms with E-state index in [1.54, 1.807) is 0 Å². The lowest BCUT2D eigenvalue weighted by molar-refractivity contribution is -0.135. The molecule has 0 spiro atoms. The number of halogens is 1. The Hall–Kier alpha value is -3.17. The summed E-state index contributed by atoms with van der Waals surface area (Å²) in [6.45, 7) is -0.504. The minimum Gasteiger partial charge on any atom is -0.508 e. The summed E-state index contributed by atoms with van der Waals surface area (Å²) >= 11 is 0.708. The Morgan fingerprint density at radius 2 is 1.80 bits per heavy atom. The van der Waals surface area contributed by atoms with Crippen LogP contribution in [0.5, 0.6) is 5.75 Å². The number of aromatic hydroxyl groups is 1. The Kier molecular flexibility index (Phi) is 6.53. The van der Waals surface area contributed by atoms with Crippen LogP contribution in [0.15, 0.2) is 53.4 Å². The highest BCUT2D eigenvalue weighted by atomic mass is 32.2. The summed E-state index contributed by atoms with van der Waals surface area (Å²) in [5.74, 6) is -1.47. The van der Waals surface area contributed by atoms with Crippen molar-refractivity contribution in [1.29, 1.82) is 0 Å². The molecule has 2 aromatic carbocycles. The predicted molar refractivity (Wildman–Crippen MR) is 110 cm³/mol. The van der Waals surface area contributed by atoms with Gasteiger partial charge in [-0.25, -0.2) is 4.39 Å². The van der Waals surface area contributed by atoms with Gasteiger partial charge < -0.3 is 15.1 Å². The fourth-order valence-corrected chi connectivity index (χ4v) is 3.60. The van der Waals surface area contributed by atoms with Gasteiger partial charge in [-0.3, -0.25) is 19.3 Å². The third-order valence-electron chi connectivity index (χ3n) is 4.49. The van der Waals surface area contributed by atoms with Crippen molar-refractivity contribution in [3.05, 3.63) is 70.4 Å². The number of phenolic OH excluding ortho intramolecular Hbond substituents is 1. The second-order valence-corrected chi connectivity index (χ2v) is 7.69. The number of thioether (sulfide) groups is 1. The number of hydrogen-bond donors (Lipinski definition) is 2. The predicted octanol–water partition coefficient (Wildman–Crippen LogP) is 2.76. The van der Waals surface area contributed by atoms with Gasteiger partial charge in [0.15, 0.2) is 0 Å². The summed E-state index contributed by atoms with van der Waals surface area (Å²) in [6, 6.07) is 11.4. The largest absolute Gasteiger partial charge is 0.508 e. The molecule has 1 atom stereocenters. The molecule has 156 valence electrons. The van der Waals surface area contributed by atoms with E-state index in [-0.39, 0.29) is 17.2 Å². The molecule has 9 heteroatoms. The second kappa shape index (κ2) is 9.10. The van der Waals surface area contributed by atoms with Crippen LogP contribution in [0.3, 0.4) is 0 Å². The molecule has 1 unspecified atom stereocenters. The van der Waals surface area contributed by atoms with Gasteiger partial charge in [0.25, 0.3) is 11.1 Å². The number of carbonyl (C=O) groups is 3. The molecule has 0 radical (unpaired) electrons. The van der Waals surface area contributed by atoms with Crippen LogP contribution in [-0.4, -0.2) is 57.2 Å². The normalized spacial score (nSPS) is 16.2. The van der Waals surface area contributed by atoms with E-state index in [1.807, 2.05) is 0 Å². The van der Waals surface area contributed by atoms with Gasteiger partial charge in [0.2, 0.25) is 5.91 Å². The number of aliphatic hydroxyl groups is 1. The monoisotopic (exact) mass is 430 g/mol. The second-order valence-electron chi connectivity index (χ2n) is 6.70. The summed E-state index contributed by atoms with van der Waals surface area (Å²) in [6.07, 6.45) is 0.473. The average molecular weight is 430 g/mol. The summed E-state index contributed by atoms with van der Waals surface area (Å²) in [4.78, 5) is 39.4. The van der Waals surface area contributed by atoms with Crippen molar-refractivity contribution in [2.75, 3.05) is 20.1 Å². The Balaban J connectivity index is 1.62. The van der Waals surface area contributed by atoms with Gasteiger partial charge in [-0.1, -0.05) is 24.3 Å². The third kappa shape index (κ3) is 5.05. The van der Waals surface area contributed by atoms with Crippen molar-refractivity contribution < 1.29 is 29.0 Å². The molecule has 30 heavy (non-hydrogen) atoms. The van der Waals surface area contributed by atoms with Crippen LogP contribution >= 0.6 is 11.8 Å². The molecular formula is C21H19FN2O5S. The lowest BCUT2D eigenvalue weighted by Gasteiger charge is -2.23. The van der Waals surface area contributed by atoms with Crippen LogP contribution in [0.4, 0.5) is 9.18 Å². The van der Waals surface area contributed by atoms with Gasteiger partial charge in [0.05, 0.1) is 17.6 Å². The zero-order chi connectivity index (χ0) is 21.8. The summed E-state index contributed by atoms with van der Waals surface area (Å²) in [7, 11) is 1.46. The van der Waals surface area contributed by atoms with E-state index in [2.05, 4.69) is 0 Å². The highest BCUT2D eigenvalue weighted by molar-refractivity contribution is 8.18. The maximum absolute atomic E-state index is 13.0. The zero-order valence-corrected chi connectivity index (χ0v) is 16.8. The lowest BCUT2D eigenvalue weighted by atomic mass is 10.1. The first kappa shape index (κ1) is 21.5. The van der Waals surface area contributed by atoms with Crippen LogP contribution < -0.4 is 0 Å². The van der Waals surface area contributed by atoms with Crippen molar-refractivity contribution in [3.63, 3.8) is 0 Å². The van der Waals surface area contributed by atoms with Crippen LogP contribution in [0, 0.1) is 5.82 Å². The number of benzene rings is 2. The molecule has 0 bridgehead atoms. The number of aliphatic hydroxyl groups excluding tert-OH is 1. The fraction of sp³-hybridized carbons (Fsp3) is 0.190. The molecule has 0 aliphatic carbocycles. The minimum atomic E-state index is -0.993. The first-order valence-electron chi connectivity index (χ1n) is 8.96. The molecular weight excluding hydrogens is 411 g/mol. The van der Waals surface area contributed by atoms with Gasteiger partial charge in [0.1, 0.15) is 18.1 Å². The van der Waals surface area contributed by atoms with Gasteiger partial charge in [-0.2, -0.15) is 0 Å². The Bertz CT molecular complexity index is 991. The van der Waals surface area contributed by atoms with Crippen LogP contribution in [0.2, 0.25) is 0 Å². The highest BCUT2D eigenvalue weighted by Gasteiger charge is 2.37. The van der Waals surface area contributed by atoms with Crippen molar-refractivity contribution in [1.82, 2.24) is 9.80 Å². The number of phenols is 1. The average Bonchev–Trinajstić information content (AvgIpc) is 2.97. The molecule has 2 aromatic rings. The van der Waals surface area contributed by atoms with Crippen molar-refractivity contribution in [2.45, 2.75) is 6.10 Å². The minimum absolute atomic E-state index is 0.0503. The molecule has 1 heterocycles. The summed E-state index contributed by atoms with van der Waals surface area (Å²) in [5, 5.41) is 19.0. The molecule has 2 N–H and O–H groups in total. The molecule has 1 saturated heterocycles. The van der Waals surface area contributed by atoms with E-state index >= 15 is 0 Å². The van der Waals surface area contributed by atoms with E-state index in [9.17, 15) is 29.0 Å². The van der Waals surface area contributed by atoms with Crippen molar-refractivity contribution in [2.24, 2.45) is 0 Å². The topological polar surface area (TPSA) is 98.2 Å². The van der Waals surface area contributed by atoms with Gasteiger partial charge in [-0.15, -0.1) is 0 Å². The first-order valence-corrected chi connectivity index (χ1v) is 9.78. The number of likely N-dealkylation sites (N-methyl/N-ethyl adjacent to an activating group) is 1. The van der Waals surface area contributed by atoms with E-state index in [1.165, 1.54) is 66.6 Å². The third-order valence-corrected chi connectivity index (χ3v) is 5.39. The molecule has 7 nitrogen and oxygen atoms in total. The molecule has 1 fully saturated rings. The van der Waals surface area contributed by atoms with Crippen molar-refractivity contribution in [3.8, 4) is 5.75 Å². The number of amides is 3. The lowest BCUT2D eigenvalue weighted by Crippen LogP contribution is -2.41. The molecule has 1 aliphatic heterocycles. The SMILES string of the molecule is CN(CC(O)c1ccc(O)cc1)C(=O)CN1C(=O)S/C(=C\c2ccc(F)cc2)C1=O. The fourth-order valence-electron chi connectivity index (χ4n) is 2.77. The zero-order valence-electron chi connectivity index (χ0n) is 16.0. The molecule has 3 amide bonds. The Morgan fingerprint density at radius 1 is 1.17 bits per heavy atom. The summed E-state index contributed by atoms with van der Waals surface area (Å²) < 4.78 is 13.0. The van der Waals surface area contributed by atoms with Crippen LogP contribution in [-0.2, 0) is 9.59 Å². The number of imide groups is 1. The smallest absolute Gasteiger partial charge is 0.294 e. The van der Waals surface area contributed by atoms with E-state index < -0.39 is 35.5 Å². The van der Waals surface area contributed by atoms with E-state index in [0.29, 0.717) is 22.9 Å². The molecule has 3 rings (SSSR count). The van der Waals surface area contributed by atoms with Crippen molar-refractivity contribution >= 4 is 34.9 Å². The molecule has 0 aromatic heterocycles. The highest BCUT2D eigenvalue weighted by Crippen LogP contribution is 2.32. The van der Waals surface area contributed by atoms with E-state index in [4.69, 9.17) is 0 Å². The van der Waals surface area contributed by atoms with Gasteiger partial charge in [0, 0.05) is 7.05 Å². The van der Waals surface area contributed by atoms with Crippen LogP contribution in [0.25, 0.3) is 6.08 Å². The van der Waals surface area contributed by atoms with Gasteiger partial charge in [-0.05, 0) is 53.2 Å². The number of rotatable bonds is 6. The van der Waals surface area contributed by atoms with E-state index in [0.717, 1.165) is 4.90 Å². The number of carbonyl (C=O) groups excluding carboxylic acids is 3.